The molecule has 0 amide bonds. The maximum Gasteiger partial charge on any atom is 0.156 e. The van der Waals surface area contributed by atoms with Crippen molar-refractivity contribution in [3.05, 3.63) is 0 Å². The first-order chi connectivity index (χ1) is 3.93. The molecule has 0 fully saturated rings. The Bertz CT molecular complexity index is 105. The minimum Gasteiger partial charge on any atom is -0.365 e. The average molecular weight is 211 g/mol. The van der Waals surface area contributed by atoms with Crippen LogP contribution in [0.25, 0.3) is 0 Å². The Kier molecular flexibility index (Phi) is 5.28. The summed E-state index contributed by atoms with van der Waals surface area (Å²) >= 11 is 1.81. The van der Waals surface area contributed by atoms with Crippen LogP contribution in [0.3, 0.4) is 0 Å². The number of hydrogen-bond donors (Lipinski definition) is 1. The van der Waals surface area contributed by atoms with Gasteiger partial charge in [-0.2, -0.15) is 0 Å². The smallest absolute Gasteiger partial charge is 0.156 e. The van der Waals surface area contributed by atoms with Gasteiger partial charge in [-0.3, -0.25) is 4.99 Å². The van der Waals surface area contributed by atoms with Crippen LogP contribution in [0.2, 0.25) is 0 Å². The second-order valence-corrected chi connectivity index (χ2v) is 2.65. The van der Waals surface area contributed by atoms with Crippen molar-refractivity contribution in [2.75, 3.05) is 18.8 Å². The van der Waals surface area contributed by atoms with Crippen molar-refractivity contribution >= 4 is 33.9 Å². The summed E-state index contributed by atoms with van der Waals surface area (Å²) in [6.07, 6.45) is 0. The summed E-state index contributed by atoms with van der Waals surface area (Å²) in [5, 5.41) is 4.28. The zero-order chi connectivity index (χ0) is 5.82. The summed E-state index contributed by atoms with van der Waals surface area (Å²) in [6.45, 7) is 4.07. The molecule has 0 aromatic rings. The molecule has 2 nitrogen and oxygen atoms in total. The van der Waals surface area contributed by atoms with Crippen molar-refractivity contribution in [2.24, 2.45) is 4.99 Å². The number of amidine groups is 1. The minimum atomic E-state index is 0. The van der Waals surface area contributed by atoms with Crippen molar-refractivity contribution in [1.29, 1.82) is 0 Å². The van der Waals surface area contributed by atoms with Crippen molar-refractivity contribution in [1.82, 2.24) is 5.32 Å². The molecule has 0 aliphatic carbocycles. The Labute approximate surface area is 70.3 Å². The number of nitrogens with one attached hydrogen (secondary N) is 1. The number of rotatable bonds is 1. The molecule has 0 saturated heterocycles. The van der Waals surface area contributed by atoms with Crippen LogP contribution >= 0.6 is 28.7 Å². The molecule has 0 bridgehead atoms. The summed E-state index contributed by atoms with van der Waals surface area (Å²) in [4.78, 5) is 4.19. The lowest BCUT2D eigenvalue weighted by atomic mass is 10.7. The lowest BCUT2D eigenvalue weighted by Gasteiger charge is -1.96. The molecule has 0 radical (unpaired) electrons. The normalized spacial score (nSPS) is 16.3. The van der Waals surface area contributed by atoms with Gasteiger partial charge in [0, 0.05) is 12.3 Å². The molecule has 0 aromatic carbocycles. The predicted octanol–water partition coefficient (Wildman–Crippen LogP) is 1.28. The number of thioether (sulfide) groups is 1. The second kappa shape index (κ2) is 5.11. The standard InChI is InChI=1S/C5H10N2S.BrH/c1-2-6-5-7-3-4-8-5;/h2-4H2,1H3,(H,6,7);1H. The molecular formula is C5H11BrN2S. The van der Waals surface area contributed by atoms with Crippen molar-refractivity contribution in [2.45, 2.75) is 6.92 Å². The van der Waals surface area contributed by atoms with Gasteiger partial charge < -0.3 is 5.32 Å². The van der Waals surface area contributed by atoms with Crippen LogP contribution in [0.15, 0.2) is 4.99 Å². The lowest BCUT2D eigenvalue weighted by Crippen LogP contribution is -2.17. The molecule has 0 atom stereocenters. The summed E-state index contributed by atoms with van der Waals surface area (Å²) in [5.41, 5.74) is 0. The maximum absolute atomic E-state index is 4.19. The SMILES string of the molecule is Br.CCNC1=NCCS1. The Hall–Kier alpha value is 0.300. The number of aliphatic imine (C=N–C) groups is 1. The van der Waals surface area contributed by atoms with Crippen LogP contribution in [0, 0.1) is 0 Å². The largest absolute Gasteiger partial charge is 0.365 e. The van der Waals surface area contributed by atoms with E-state index in [1.54, 1.807) is 11.8 Å². The van der Waals surface area contributed by atoms with E-state index in [4.69, 9.17) is 0 Å². The number of nitrogens with zero attached hydrogens (tertiary/aromatic N) is 1. The number of hydrogen-bond acceptors (Lipinski definition) is 3. The van der Waals surface area contributed by atoms with E-state index in [0.29, 0.717) is 0 Å². The molecule has 0 aromatic heterocycles. The maximum atomic E-state index is 4.19. The Morgan fingerprint density at radius 3 is 3.00 bits per heavy atom. The fraction of sp³-hybridized carbons (Fsp3) is 0.800. The van der Waals surface area contributed by atoms with E-state index < -0.39 is 0 Å². The fourth-order valence-corrected chi connectivity index (χ4v) is 1.40. The van der Waals surface area contributed by atoms with Crippen LogP contribution in [0.5, 0.6) is 0 Å². The van der Waals surface area contributed by atoms with Crippen LogP contribution in [-0.2, 0) is 0 Å². The third-order valence-corrected chi connectivity index (χ3v) is 1.85. The Morgan fingerprint density at radius 2 is 2.56 bits per heavy atom. The van der Waals surface area contributed by atoms with E-state index in [-0.39, 0.29) is 17.0 Å². The number of halogens is 1. The second-order valence-electron chi connectivity index (χ2n) is 1.57. The molecule has 1 heterocycles. The van der Waals surface area contributed by atoms with Crippen LogP contribution in [0.4, 0.5) is 0 Å². The van der Waals surface area contributed by atoms with Gasteiger partial charge >= 0.3 is 0 Å². The van der Waals surface area contributed by atoms with Crippen LogP contribution < -0.4 is 5.32 Å². The first-order valence-corrected chi connectivity index (χ1v) is 3.83. The van der Waals surface area contributed by atoms with Crippen molar-refractivity contribution in [3.63, 3.8) is 0 Å². The van der Waals surface area contributed by atoms with Crippen LogP contribution in [0.1, 0.15) is 6.92 Å². The summed E-state index contributed by atoms with van der Waals surface area (Å²) in [5.74, 6) is 1.16. The summed E-state index contributed by atoms with van der Waals surface area (Å²) in [7, 11) is 0. The van der Waals surface area contributed by atoms with Crippen molar-refractivity contribution < 1.29 is 0 Å². The first-order valence-electron chi connectivity index (χ1n) is 2.84. The predicted molar refractivity (Wildman–Crippen MR) is 48.8 cm³/mol. The zero-order valence-electron chi connectivity index (χ0n) is 5.39. The summed E-state index contributed by atoms with van der Waals surface area (Å²) < 4.78 is 0. The highest BCUT2D eigenvalue weighted by atomic mass is 79.9. The Morgan fingerprint density at radius 1 is 1.78 bits per heavy atom. The molecule has 4 heteroatoms. The van der Waals surface area contributed by atoms with E-state index in [2.05, 4.69) is 17.2 Å². The van der Waals surface area contributed by atoms with Gasteiger partial charge in [-0.15, -0.1) is 17.0 Å². The molecule has 0 spiro atoms. The van der Waals surface area contributed by atoms with Gasteiger partial charge in [-0.05, 0) is 6.92 Å². The molecule has 0 unspecified atom stereocenters. The molecular weight excluding hydrogens is 200 g/mol. The average Bonchev–Trinajstić information content (AvgIpc) is 2.19. The highest BCUT2D eigenvalue weighted by Gasteiger charge is 2.02. The van der Waals surface area contributed by atoms with Gasteiger partial charge in [-0.1, -0.05) is 11.8 Å². The van der Waals surface area contributed by atoms with Gasteiger partial charge in [0.2, 0.25) is 0 Å². The third kappa shape index (κ3) is 3.11. The molecule has 1 aliphatic heterocycles. The molecule has 1 N–H and O–H groups in total. The van der Waals surface area contributed by atoms with Crippen molar-refractivity contribution in [3.8, 4) is 0 Å². The lowest BCUT2D eigenvalue weighted by molar-refractivity contribution is 0.974. The molecule has 54 valence electrons. The van der Waals surface area contributed by atoms with Gasteiger partial charge in [0.15, 0.2) is 5.17 Å². The molecule has 0 saturated carbocycles. The molecule has 9 heavy (non-hydrogen) atoms. The van der Waals surface area contributed by atoms with E-state index in [9.17, 15) is 0 Å². The minimum absolute atomic E-state index is 0. The van der Waals surface area contributed by atoms with E-state index >= 15 is 0 Å². The van der Waals surface area contributed by atoms with Gasteiger partial charge in [0.1, 0.15) is 0 Å². The highest BCUT2D eigenvalue weighted by Crippen LogP contribution is 2.07. The zero-order valence-corrected chi connectivity index (χ0v) is 7.91. The quantitative estimate of drug-likeness (QED) is 0.706. The monoisotopic (exact) mass is 210 g/mol. The van der Waals surface area contributed by atoms with Gasteiger partial charge in [-0.25, -0.2) is 0 Å². The molecule has 1 rings (SSSR count). The Balaban J connectivity index is 0.000000640. The van der Waals surface area contributed by atoms with E-state index in [0.717, 1.165) is 24.0 Å². The fourth-order valence-electron chi connectivity index (χ4n) is 0.593. The topological polar surface area (TPSA) is 24.4 Å². The third-order valence-electron chi connectivity index (χ3n) is 0.913. The van der Waals surface area contributed by atoms with E-state index in [1.165, 1.54) is 0 Å². The van der Waals surface area contributed by atoms with Crippen LogP contribution in [-0.4, -0.2) is 24.0 Å². The van der Waals surface area contributed by atoms with Gasteiger partial charge in [0.05, 0.1) is 6.54 Å². The van der Waals surface area contributed by atoms with E-state index in [1.807, 2.05) is 0 Å². The highest BCUT2D eigenvalue weighted by molar-refractivity contribution is 8.93. The summed E-state index contributed by atoms with van der Waals surface area (Å²) in [6, 6.07) is 0. The first kappa shape index (κ1) is 9.30. The molecule has 1 aliphatic rings. The van der Waals surface area contributed by atoms with Gasteiger partial charge in [0.25, 0.3) is 0 Å².